The molecule has 2 aliphatic heterocycles. The van der Waals surface area contributed by atoms with Gasteiger partial charge in [-0.1, -0.05) is 6.08 Å². The van der Waals surface area contributed by atoms with E-state index in [9.17, 15) is 9.59 Å². The fourth-order valence-corrected chi connectivity index (χ4v) is 2.09. The molecule has 0 atom stereocenters. The number of fused-ring (bicyclic) bond motifs is 1. The fraction of sp³-hybridized carbons (Fsp3) is 0.267. The predicted molar refractivity (Wildman–Crippen MR) is 74.7 cm³/mol. The molecule has 2 amide bonds. The summed E-state index contributed by atoms with van der Waals surface area (Å²) in [6.07, 6.45) is 6.77. The summed E-state index contributed by atoms with van der Waals surface area (Å²) in [5, 5.41) is 0. The molecule has 21 heavy (non-hydrogen) atoms. The third-order valence-corrected chi connectivity index (χ3v) is 3.14. The van der Waals surface area contributed by atoms with Crippen molar-refractivity contribution in [2.45, 2.75) is 6.42 Å². The van der Waals surface area contributed by atoms with E-state index in [1.54, 1.807) is 24.3 Å². The number of imide groups is 1. The molecule has 1 aromatic rings. The largest absolute Gasteiger partial charge is 0.484 e. The standard InChI is InChI=1S/C15H14N2O4/c18-13-3-1-2-8-17(13)14(19)7-5-11-4-6-12-15(16-11)21-10-9-20-12/h1,3-7H,2,8-10H2. The first-order valence-corrected chi connectivity index (χ1v) is 6.71. The monoisotopic (exact) mass is 286 g/mol. The van der Waals surface area contributed by atoms with E-state index in [4.69, 9.17) is 9.47 Å². The smallest absolute Gasteiger partial charge is 0.257 e. The van der Waals surface area contributed by atoms with Gasteiger partial charge in [0.25, 0.3) is 17.7 Å². The van der Waals surface area contributed by atoms with E-state index in [0.717, 1.165) is 0 Å². The molecule has 6 nitrogen and oxygen atoms in total. The second-order valence-corrected chi connectivity index (χ2v) is 4.59. The highest BCUT2D eigenvalue weighted by Gasteiger charge is 2.19. The van der Waals surface area contributed by atoms with E-state index in [1.807, 2.05) is 0 Å². The summed E-state index contributed by atoms with van der Waals surface area (Å²) in [6.45, 7) is 1.38. The Morgan fingerprint density at radius 2 is 2.14 bits per heavy atom. The average molecular weight is 286 g/mol. The van der Waals surface area contributed by atoms with Crippen LogP contribution < -0.4 is 9.47 Å². The summed E-state index contributed by atoms with van der Waals surface area (Å²) in [6, 6.07) is 3.48. The minimum absolute atomic E-state index is 0.286. The van der Waals surface area contributed by atoms with E-state index >= 15 is 0 Å². The van der Waals surface area contributed by atoms with Crippen molar-refractivity contribution in [3.05, 3.63) is 36.1 Å². The Labute approximate surface area is 121 Å². The lowest BCUT2D eigenvalue weighted by molar-refractivity contribution is -0.139. The lowest BCUT2D eigenvalue weighted by atomic mass is 10.2. The van der Waals surface area contributed by atoms with Crippen LogP contribution >= 0.6 is 0 Å². The van der Waals surface area contributed by atoms with Gasteiger partial charge < -0.3 is 9.47 Å². The number of carbonyl (C=O) groups excluding carboxylic acids is 2. The minimum atomic E-state index is -0.346. The Kier molecular flexibility index (Phi) is 3.68. The van der Waals surface area contributed by atoms with Gasteiger partial charge in [-0.25, -0.2) is 4.98 Å². The van der Waals surface area contributed by atoms with Crippen LogP contribution in [0, 0.1) is 0 Å². The summed E-state index contributed by atoms with van der Waals surface area (Å²) in [7, 11) is 0. The number of rotatable bonds is 2. The third kappa shape index (κ3) is 2.94. The Balaban J connectivity index is 1.72. The highest BCUT2D eigenvalue weighted by molar-refractivity contribution is 6.06. The van der Waals surface area contributed by atoms with Gasteiger partial charge >= 0.3 is 0 Å². The van der Waals surface area contributed by atoms with Gasteiger partial charge in [0.2, 0.25) is 0 Å². The number of aromatic nitrogens is 1. The van der Waals surface area contributed by atoms with Gasteiger partial charge in [0.05, 0.1) is 5.69 Å². The number of amides is 2. The summed E-state index contributed by atoms with van der Waals surface area (Å²) in [4.78, 5) is 29.0. The molecule has 2 aliphatic rings. The van der Waals surface area contributed by atoms with E-state index in [-0.39, 0.29) is 11.8 Å². The summed E-state index contributed by atoms with van der Waals surface area (Å²) >= 11 is 0. The second-order valence-electron chi connectivity index (χ2n) is 4.59. The molecule has 0 aliphatic carbocycles. The highest BCUT2D eigenvalue weighted by atomic mass is 16.6. The number of nitrogens with zero attached hydrogens (tertiary/aromatic N) is 2. The summed E-state index contributed by atoms with van der Waals surface area (Å²) < 4.78 is 10.7. The van der Waals surface area contributed by atoms with Crippen molar-refractivity contribution in [2.24, 2.45) is 0 Å². The maximum atomic E-state index is 12.0. The van der Waals surface area contributed by atoms with Crippen molar-refractivity contribution in [3.63, 3.8) is 0 Å². The zero-order chi connectivity index (χ0) is 14.7. The van der Waals surface area contributed by atoms with Crippen LogP contribution in [0.5, 0.6) is 11.6 Å². The molecule has 0 saturated heterocycles. The zero-order valence-electron chi connectivity index (χ0n) is 11.3. The summed E-state index contributed by atoms with van der Waals surface area (Å²) in [5.74, 6) is 0.390. The molecule has 0 saturated carbocycles. The number of carbonyl (C=O) groups is 2. The molecule has 3 rings (SSSR count). The van der Waals surface area contributed by atoms with Crippen LogP contribution in [0.2, 0.25) is 0 Å². The number of hydrogen-bond donors (Lipinski definition) is 0. The van der Waals surface area contributed by atoms with Gasteiger partial charge in [-0.3, -0.25) is 14.5 Å². The van der Waals surface area contributed by atoms with Crippen LogP contribution in [-0.2, 0) is 9.59 Å². The van der Waals surface area contributed by atoms with Crippen molar-refractivity contribution in [2.75, 3.05) is 19.8 Å². The van der Waals surface area contributed by atoms with Crippen molar-refractivity contribution in [1.29, 1.82) is 0 Å². The maximum Gasteiger partial charge on any atom is 0.257 e. The normalized spacial score (nSPS) is 17.3. The molecule has 0 bridgehead atoms. The molecule has 0 radical (unpaired) electrons. The average Bonchev–Trinajstić information content (AvgIpc) is 2.53. The van der Waals surface area contributed by atoms with Gasteiger partial charge in [-0.05, 0) is 30.7 Å². The van der Waals surface area contributed by atoms with Crippen LogP contribution in [-0.4, -0.2) is 41.5 Å². The number of hydrogen-bond acceptors (Lipinski definition) is 5. The van der Waals surface area contributed by atoms with Crippen LogP contribution in [0.4, 0.5) is 0 Å². The molecular weight excluding hydrogens is 272 g/mol. The second kappa shape index (κ2) is 5.78. The van der Waals surface area contributed by atoms with E-state index < -0.39 is 0 Å². The van der Waals surface area contributed by atoms with Gasteiger partial charge in [-0.2, -0.15) is 0 Å². The van der Waals surface area contributed by atoms with Gasteiger partial charge in [-0.15, -0.1) is 0 Å². The van der Waals surface area contributed by atoms with Crippen LogP contribution in [0.15, 0.2) is 30.4 Å². The fourth-order valence-electron chi connectivity index (χ4n) is 2.09. The zero-order valence-corrected chi connectivity index (χ0v) is 11.3. The molecule has 0 unspecified atom stereocenters. The first-order chi connectivity index (χ1) is 10.2. The van der Waals surface area contributed by atoms with Crippen LogP contribution in [0.3, 0.4) is 0 Å². The minimum Gasteiger partial charge on any atom is -0.484 e. The molecule has 6 heteroatoms. The molecule has 0 fully saturated rings. The third-order valence-electron chi connectivity index (χ3n) is 3.14. The lowest BCUT2D eigenvalue weighted by Crippen LogP contribution is -2.37. The Hall–Kier alpha value is -2.63. The number of pyridine rings is 1. The Morgan fingerprint density at radius 3 is 3.00 bits per heavy atom. The van der Waals surface area contributed by atoms with Crippen molar-refractivity contribution >= 4 is 17.9 Å². The first kappa shape index (κ1) is 13.4. The lowest BCUT2D eigenvalue weighted by Gasteiger charge is -2.19. The Bertz CT molecular complexity index is 637. The van der Waals surface area contributed by atoms with E-state index in [0.29, 0.717) is 43.5 Å². The Morgan fingerprint density at radius 1 is 1.29 bits per heavy atom. The van der Waals surface area contributed by atoms with E-state index in [2.05, 4.69) is 4.98 Å². The number of ether oxygens (including phenoxy) is 2. The van der Waals surface area contributed by atoms with Crippen molar-refractivity contribution in [3.8, 4) is 11.6 Å². The molecule has 1 aromatic heterocycles. The predicted octanol–water partition coefficient (Wildman–Crippen LogP) is 1.18. The van der Waals surface area contributed by atoms with Gasteiger partial charge in [0, 0.05) is 12.6 Å². The first-order valence-electron chi connectivity index (χ1n) is 6.71. The molecule has 0 aromatic carbocycles. The summed E-state index contributed by atoms with van der Waals surface area (Å²) in [5.41, 5.74) is 0.576. The van der Waals surface area contributed by atoms with E-state index in [1.165, 1.54) is 17.1 Å². The maximum absolute atomic E-state index is 12.0. The highest BCUT2D eigenvalue weighted by Crippen LogP contribution is 2.27. The quantitative estimate of drug-likeness (QED) is 0.764. The topological polar surface area (TPSA) is 68.7 Å². The van der Waals surface area contributed by atoms with Gasteiger partial charge in [0.1, 0.15) is 13.2 Å². The SMILES string of the molecule is O=C1C=CCCN1C(=O)C=Cc1ccc2c(n1)OCCO2. The molecular formula is C15H14N2O4. The van der Waals surface area contributed by atoms with Crippen molar-refractivity contribution in [1.82, 2.24) is 9.88 Å². The molecule has 0 spiro atoms. The molecule has 108 valence electrons. The van der Waals surface area contributed by atoms with Crippen LogP contribution in [0.1, 0.15) is 12.1 Å². The van der Waals surface area contributed by atoms with Crippen LogP contribution in [0.25, 0.3) is 6.08 Å². The molecule has 3 heterocycles. The molecule has 0 N–H and O–H groups in total. The van der Waals surface area contributed by atoms with Crippen molar-refractivity contribution < 1.29 is 19.1 Å². The van der Waals surface area contributed by atoms with Gasteiger partial charge in [0.15, 0.2) is 5.75 Å².